The largest absolute Gasteiger partial charge is 0.493 e. The van der Waals surface area contributed by atoms with Crippen LogP contribution in [0.25, 0.3) is 0 Å². The van der Waals surface area contributed by atoms with E-state index < -0.39 is 0 Å². The standard InChI is InChI=1S/C17H20FNO2/c1-19-11-10-14-8-9-15(20-2)17(16(14)18)21-12-13-6-4-3-5-7-13/h3-9,19H,10-12H2,1-2H3. The number of hydrogen-bond donors (Lipinski definition) is 1. The van der Waals surface area contributed by atoms with Crippen molar-refractivity contribution in [1.82, 2.24) is 5.32 Å². The molecule has 0 aliphatic heterocycles. The van der Waals surface area contributed by atoms with Gasteiger partial charge in [-0.15, -0.1) is 0 Å². The summed E-state index contributed by atoms with van der Waals surface area (Å²) in [5, 5.41) is 3.01. The highest BCUT2D eigenvalue weighted by atomic mass is 19.1. The Morgan fingerprint density at radius 3 is 2.52 bits per heavy atom. The van der Waals surface area contributed by atoms with Crippen LogP contribution in [0.5, 0.6) is 11.5 Å². The van der Waals surface area contributed by atoms with E-state index in [-0.39, 0.29) is 11.6 Å². The first-order chi connectivity index (χ1) is 10.3. The number of hydrogen-bond acceptors (Lipinski definition) is 3. The van der Waals surface area contributed by atoms with Gasteiger partial charge in [-0.25, -0.2) is 4.39 Å². The van der Waals surface area contributed by atoms with Crippen molar-refractivity contribution in [2.75, 3.05) is 20.7 Å². The molecule has 2 aromatic rings. The minimum absolute atomic E-state index is 0.176. The van der Waals surface area contributed by atoms with Gasteiger partial charge in [0.15, 0.2) is 17.3 Å². The number of nitrogens with one attached hydrogen (secondary N) is 1. The first-order valence-electron chi connectivity index (χ1n) is 6.93. The second kappa shape index (κ2) is 7.64. The van der Waals surface area contributed by atoms with E-state index in [1.165, 1.54) is 7.11 Å². The maximum absolute atomic E-state index is 14.5. The molecule has 3 nitrogen and oxygen atoms in total. The summed E-state index contributed by atoms with van der Waals surface area (Å²) < 4.78 is 25.4. The Kier molecular flexibility index (Phi) is 5.58. The highest BCUT2D eigenvalue weighted by molar-refractivity contribution is 5.44. The number of methoxy groups -OCH3 is 1. The van der Waals surface area contributed by atoms with Gasteiger partial charge in [-0.2, -0.15) is 0 Å². The molecule has 0 aromatic heterocycles. The van der Waals surface area contributed by atoms with Crippen molar-refractivity contribution in [2.24, 2.45) is 0 Å². The number of likely N-dealkylation sites (N-methyl/N-ethyl adjacent to an activating group) is 1. The summed E-state index contributed by atoms with van der Waals surface area (Å²) in [5.74, 6) is 0.243. The van der Waals surface area contributed by atoms with E-state index in [2.05, 4.69) is 5.32 Å². The van der Waals surface area contributed by atoms with Gasteiger partial charge in [0, 0.05) is 0 Å². The zero-order valence-corrected chi connectivity index (χ0v) is 12.4. The number of rotatable bonds is 7. The van der Waals surface area contributed by atoms with Crippen molar-refractivity contribution in [3.05, 3.63) is 59.4 Å². The number of ether oxygens (including phenoxy) is 2. The fourth-order valence-corrected chi connectivity index (χ4v) is 2.06. The maximum Gasteiger partial charge on any atom is 0.197 e. The van der Waals surface area contributed by atoms with E-state index in [0.717, 1.165) is 5.56 Å². The molecule has 0 radical (unpaired) electrons. The molecule has 0 aliphatic carbocycles. The van der Waals surface area contributed by atoms with Crippen LogP contribution in [0.15, 0.2) is 42.5 Å². The third-order valence-electron chi connectivity index (χ3n) is 3.23. The fraction of sp³-hybridized carbons (Fsp3) is 0.294. The zero-order chi connectivity index (χ0) is 15.1. The minimum atomic E-state index is -0.347. The fourth-order valence-electron chi connectivity index (χ4n) is 2.06. The van der Waals surface area contributed by atoms with Crippen LogP contribution in [0.1, 0.15) is 11.1 Å². The van der Waals surface area contributed by atoms with E-state index in [1.807, 2.05) is 37.4 Å². The molecule has 1 N–H and O–H groups in total. The molecule has 0 aliphatic rings. The monoisotopic (exact) mass is 289 g/mol. The number of halogens is 1. The Morgan fingerprint density at radius 2 is 1.86 bits per heavy atom. The maximum atomic E-state index is 14.5. The summed E-state index contributed by atoms with van der Waals surface area (Å²) in [5.41, 5.74) is 1.60. The van der Waals surface area contributed by atoms with E-state index >= 15 is 0 Å². The normalized spacial score (nSPS) is 10.4. The Morgan fingerprint density at radius 1 is 1.10 bits per heavy atom. The van der Waals surface area contributed by atoms with Gasteiger partial charge in [0.25, 0.3) is 0 Å². The molecule has 0 heterocycles. The lowest BCUT2D eigenvalue weighted by molar-refractivity contribution is 0.268. The third kappa shape index (κ3) is 3.95. The summed E-state index contributed by atoms with van der Waals surface area (Å²) in [6, 6.07) is 13.1. The predicted octanol–water partition coefficient (Wildman–Crippen LogP) is 3.18. The SMILES string of the molecule is CNCCc1ccc(OC)c(OCc2ccccc2)c1F. The average molecular weight is 289 g/mol. The molecule has 0 saturated heterocycles. The van der Waals surface area contributed by atoms with Gasteiger partial charge in [-0.1, -0.05) is 36.4 Å². The van der Waals surface area contributed by atoms with Crippen molar-refractivity contribution in [1.29, 1.82) is 0 Å². The van der Waals surface area contributed by atoms with Crippen LogP contribution in [0.2, 0.25) is 0 Å². The van der Waals surface area contributed by atoms with Crippen molar-refractivity contribution in [2.45, 2.75) is 13.0 Å². The highest BCUT2D eigenvalue weighted by Crippen LogP contribution is 2.33. The lowest BCUT2D eigenvalue weighted by Gasteiger charge is -2.14. The molecule has 4 heteroatoms. The summed E-state index contributed by atoms with van der Waals surface area (Å²) in [7, 11) is 3.35. The lowest BCUT2D eigenvalue weighted by atomic mass is 10.1. The van der Waals surface area contributed by atoms with Crippen LogP contribution >= 0.6 is 0 Å². The summed E-state index contributed by atoms with van der Waals surface area (Å²) in [4.78, 5) is 0. The number of benzene rings is 2. The Hall–Kier alpha value is -2.07. The molecule has 0 unspecified atom stereocenters. The molecule has 0 atom stereocenters. The Balaban J connectivity index is 2.19. The molecule has 2 rings (SSSR count). The van der Waals surface area contributed by atoms with Gasteiger partial charge in [-0.05, 0) is 37.2 Å². The quantitative estimate of drug-likeness (QED) is 0.849. The third-order valence-corrected chi connectivity index (χ3v) is 3.23. The molecular weight excluding hydrogens is 269 g/mol. The highest BCUT2D eigenvalue weighted by Gasteiger charge is 2.15. The molecular formula is C17H20FNO2. The van der Waals surface area contributed by atoms with Gasteiger partial charge >= 0.3 is 0 Å². The summed E-state index contributed by atoms with van der Waals surface area (Å²) in [6.07, 6.45) is 0.605. The van der Waals surface area contributed by atoms with Crippen LogP contribution in [0.3, 0.4) is 0 Å². The van der Waals surface area contributed by atoms with E-state index in [4.69, 9.17) is 9.47 Å². The molecule has 0 amide bonds. The average Bonchev–Trinajstić information content (AvgIpc) is 2.53. The van der Waals surface area contributed by atoms with Crippen molar-refractivity contribution in [3.63, 3.8) is 0 Å². The molecule has 0 saturated carbocycles. The van der Waals surface area contributed by atoms with Gasteiger partial charge < -0.3 is 14.8 Å². The first-order valence-corrected chi connectivity index (χ1v) is 6.93. The van der Waals surface area contributed by atoms with Gasteiger partial charge in [0.1, 0.15) is 6.61 Å². The zero-order valence-electron chi connectivity index (χ0n) is 12.4. The van der Waals surface area contributed by atoms with E-state index in [9.17, 15) is 4.39 Å². The molecule has 2 aromatic carbocycles. The first kappa shape index (κ1) is 15.3. The summed E-state index contributed by atoms with van der Waals surface area (Å²) in [6.45, 7) is 1.02. The molecule has 0 spiro atoms. The Labute approximate surface area is 124 Å². The van der Waals surface area contributed by atoms with Gasteiger partial charge in [0.05, 0.1) is 7.11 Å². The minimum Gasteiger partial charge on any atom is -0.493 e. The van der Waals surface area contributed by atoms with E-state index in [1.54, 1.807) is 12.1 Å². The predicted molar refractivity (Wildman–Crippen MR) is 81.4 cm³/mol. The van der Waals surface area contributed by atoms with E-state index in [0.29, 0.717) is 30.9 Å². The van der Waals surface area contributed by atoms with Gasteiger partial charge in [0.2, 0.25) is 0 Å². The smallest absolute Gasteiger partial charge is 0.197 e. The molecule has 21 heavy (non-hydrogen) atoms. The van der Waals surface area contributed by atoms with Crippen LogP contribution in [0.4, 0.5) is 4.39 Å². The van der Waals surface area contributed by atoms with Crippen molar-refractivity contribution in [3.8, 4) is 11.5 Å². The van der Waals surface area contributed by atoms with Gasteiger partial charge in [-0.3, -0.25) is 0 Å². The van der Waals surface area contributed by atoms with Crippen LogP contribution < -0.4 is 14.8 Å². The second-order valence-corrected chi connectivity index (χ2v) is 4.70. The van der Waals surface area contributed by atoms with Crippen LogP contribution in [-0.2, 0) is 13.0 Å². The summed E-state index contributed by atoms with van der Waals surface area (Å²) >= 11 is 0. The van der Waals surface area contributed by atoms with Crippen molar-refractivity contribution < 1.29 is 13.9 Å². The molecule has 0 bridgehead atoms. The molecule has 0 fully saturated rings. The van der Waals surface area contributed by atoms with Crippen LogP contribution in [-0.4, -0.2) is 20.7 Å². The Bertz CT molecular complexity index is 573. The lowest BCUT2D eigenvalue weighted by Crippen LogP contribution is -2.12. The molecule has 112 valence electrons. The van der Waals surface area contributed by atoms with Crippen LogP contribution in [0, 0.1) is 5.82 Å². The second-order valence-electron chi connectivity index (χ2n) is 4.70. The topological polar surface area (TPSA) is 30.5 Å². The van der Waals surface area contributed by atoms with Crippen molar-refractivity contribution >= 4 is 0 Å².